The molecule has 0 atom stereocenters. The maximum absolute atomic E-state index is 9.85. The van der Waals surface area contributed by atoms with Crippen molar-refractivity contribution < 1.29 is 29.6 Å². The van der Waals surface area contributed by atoms with Crippen LogP contribution in [0, 0.1) is 0 Å². The molecule has 0 heterocycles. The Morgan fingerprint density at radius 3 is 2.13 bits per heavy atom. The van der Waals surface area contributed by atoms with E-state index in [9.17, 15) is 14.7 Å². The van der Waals surface area contributed by atoms with Crippen LogP contribution in [0.4, 0.5) is 0 Å². The maximum Gasteiger partial charge on any atom is 0.328 e. The summed E-state index contributed by atoms with van der Waals surface area (Å²) in [4.78, 5) is 19.1. The minimum atomic E-state index is -1.26. The first-order valence-electron chi connectivity index (χ1n) is 9.02. The van der Waals surface area contributed by atoms with E-state index in [2.05, 4.69) is 59.4 Å². The molecule has 4 N–H and O–H groups in total. The standard InChI is InChI=1S/C18H22BrNO2.C4H4O4/c1-18(2,11-13-7-5-4-6-8-13)20-12-14-9-15(19)17(21)16(10-14)22-3;5-3(6)1-2-4(7)8/h4-10,20-21H,11-12H2,1-3H3;1-2H,(H,5,6)(H,7,8)/b;2-1-. The number of carbonyl (C=O) groups is 2. The van der Waals surface area contributed by atoms with Crippen molar-refractivity contribution in [2.75, 3.05) is 7.11 Å². The Labute approximate surface area is 184 Å². The van der Waals surface area contributed by atoms with Crippen LogP contribution in [0.5, 0.6) is 11.5 Å². The lowest BCUT2D eigenvalue weighted by atomic mass is 9.94. The number of carboxylic acids is 2. The monoisotopic (exact) mass is 479 g/mol. The van der Waals surface area contributed by atoms with Gasteiger partial charge in [-0.1, -0.05) is 30.3 Å². The topological polar surface area (TPSA) is 116 Å². The van der Waals surface area contributed by atoms with Gasteiger partial charge in [-0.25, -0.2) is 9.59 Å². The predicted molar refractivity (Wildman–Crippen MR) is 118 cm³/mol. The van der Waals surface area contributed by atoms with Crippen LogP contribution in [0.3, 0.4) is 0 Å². The Bertz CT molecular complexity index is 865. The van der Waals surface area contributed by atoms with E-state index in [-0.39, 0.29) is 11.3 Å². The molecular weight excluding hydrogens is 454 g/mol. The van der Waals surface area contributed by atoms with Crippen LogP contribution in [-0.2, 0) is 22.6 Å². The van der Waals surface area contributed by atoms with Gasteiger partial charge in [0.05, 0.1) is 11.6 Å². The molecule has 0 aromatic heterocycles. The molecule has 0 aliphatic carbocycles. The number of hydrogen-bond donors (Lipinski definition) is 4. The molecule has 2 aromatic rings. The van der Waals surface area contributed by atoms with Crippen molar-refractivity contribution >= 4 is 27.9 Å². The molecule has 0 amide bonds. The third-order valence-electron chi connectivity index (χ3n) is 3.94. The lowest BCUT2D eigenvalue weighted by molar-refractivity contribution is -0.134. The molecule has 0 aliphatic rings. The zero-order valence-corrected chi connectivity index (χ0v) is 18.6. The van der Waals surface area contributed by atoms with E-state index in [1.807, 2.05) is 18.2 Å². The molecule has 0 spiro atoms. The number of hydrogen-bond acceptors (Lipinski definition) is 5. The van der Waals surface area contributed by atoms with E-state index in [4.69, 9.17) is 14.9 Å². The molecule has 0 aliphatic heterocycles. The van der Waals surface area contributed by atoms with E-state index in [1.54, 1.807) is 7.11 Å². The lowest BCUT2D eigenvalue weighted by Gasteiger charge is -2.27. The summed E-state index contributed by atoms with van der Waals surface area (Å²) in [6.45, 7) is 5.08. The third-order valence-corrected chi connectivity index (χ3v) is 4.54. The van der Waals surface area contributed by atoms with Gasteiger partial charge in [-0.3, -0.25) is 0 Å². The molecular formula is C22H26BrNO6. The molecule has 162 valence electrons. The molecule has 2 rings (SSSR count). The van der Waals surface area contributed by atoms with E-state index in [0.29, 0.717) is 28.9 Å². The number of carboxylic acid groups (broad SMARTS) is 2. The van der Waals surface area contributed by atoms with Gasteiger partial charge >= 0.3 is 11.9 Å². The van der Waals surface area contributed by atoms with Crippen LogP contribution >= 0.6 is 15.9 Å². The number of aliphatic carboxylic acids is 2. The van der Waals surface area contributed by atoms with Crippen LogP contribution in [0.15, 0.2) is 59.1 Å². The molecule has 0 bridgehead atoms. The zero-order chi connectivity index (χ0) is 22.7. The Balaban J connectivity index is 0.000000479. The molecule has 0 radical (unpaired) electrons. The Kier molecular flexibility index (Phi) is 10.1. The number of benzene rings is 2. The van der Waals surface area contributed by atoms with Crippen LogP contribution in [0.1, 0.15) is 25.0 Å². The SMILES string of the molecule is COc1cc(CNC(C)(C)Cc2ccccc2)cc(Br)c1O.O=C(O)/C=C\C(=O)O. The lowest BCUT2D eigenvalue weighted by Crippen LogP contribution is -2.40. The summed E-state index contributed by atoms with van der Waals surface area (Å²) in [5, 5.41) is 29.0. The number of ether oxygens (including phenoxy) is 1. The van der Waals surface area contributed by atoms with E-state index < -0.39 is 11.9 Å². The second-order valence-corrected chi connectivity index (χ2v) is 7.89. The summed E-state index contributed by atoms with van der Waals surface area (Å²) in [5.74, 6) is -1.90. The van der Waals surface area contributed by atoms with Gasteiger partial charge in [-0.05, 0) is 59.5 Å². The molecule has 8 heteroatoms. The first-order valence-corrected chi connectivity index (χ1v) is 9.81. The van der Waals surface area contributed by atoms with E-state index in [1.165, 1.54) is 5.56 Å². The molecule has 7 nitrogen and oxygen atoms in total. The highest BCUT2D eigenvalue weighted by Crippen LogP contribution is 2.35. The van der Waals surface area contributed by atoms with Crippen molar-refractivity contribution in [3.8, 4) is 11.5 Å². The highest BCUT2D eigenvalue weighted by atomic mass is 79.9. The summed E-state index contributed by atoms with van der Waals surface area (Å²) < 4.78 is 5.83. The fraction of sp³-hybridized carbons (Fsp3) is 0.273. The fourth-order valence-electron chi connectivity index (χ4n) is 2.54. The largest absolute Gasteiger partial charge is 0.503 e. The normalized spacial score (nSPS) is 10.9. The number of nitrogens with one attached hydrogen (secondary N) is 1. The summed E-state index contributed by atoms with van der Waals surface area (Å²) in [6, 6.07) is 14.2. The van der Waals surface area contributed by atoms with Gasteiger partial charge in [0.15, 0.2) is 11.5 Å². The van der Waals surface area contributed by atoms with Gasteiger partial charge in [0, 0.05) is 24.2 Å². The highest BCUT2D eigenvalue weighted by molar-refractivity contribution is 9.10. The molecule has 0 unspecified atom stereocenters. The quantitative estimate of drug-likeness (QED) is 0.423. The number of phenolic OH excluding ortho intramolecular Hbond substituents is 1. The van der Waals surface area contributed by atoms with Crippen molar-refractivity contribution in [2.45, 2.75) is 32.4 Å². The van der Waals surface area contributed by atoms with Crippen molar-refractivity contribution in [1.29, 1.82) is 0 Å². The summed E-state index contributed by atoms with van der Waals surface area (Å²) in [6.07, 6.45) is 2.06. The van der Waals surface area contributed by atoms with Crippen molar-refractivity contribution in [1.82, 2.24) is 5.32 Å². The predicted octanol–water partition coefficient (Wildman–Crippen LogP) is 3.99. The van der Waals surface area contributed by atoms with Gasteiger partial charge in [-0.2, -0.15) is 0 Å². The second kappa shape index (κ2) is 12.0. The van der Waals surface area contributed by atoms with Gasteiger partial charge in [0.2, 0.25) is 0 Å². The first-order chi connectivity index (χ1) is 14.0. The summed E-state index contributed by atoms with van der Waals surface area (Å²) in [5.41, 5.74) is 2.34. The molecule has 0 saturated heterocycles. The molecule has 0 saturated carbocycles. The summed E-state index contributed by atoms with van der Waals surface area (Å²) in [7, 11) is 1.55. The van der Waals surface area contributed by atoms with E-state index >= 15 is 0 Å². The summed E-state index contributed by atoms with van der Waals surface area (Å²) >= 11 is 3.35. The second-order valence-electron chi connectivity index (χ2n) is 7.04. The molecule has 30 heavy (non-hydrogen) atoms. The van der Waals surface area contributed by atoms with Crippen LogP contribution < -0.4 is 10.1 Å². The van der Waals surface area contributed by atoms with E-state index in [0.717, 1.165) is 12.0 Å². The maximum atomic E-state index is 9.85. The van der Waals surface area contributed by atoms with Crippen molar-refractivity contribution in [3.63, 3.8) is 0 Å². The minimum Gasteiger partial charge on any atom is -0.503 e. The average Bonchev–Trinajstić information content (AvgIpc) is 2.68. The van der Waals surface area contributed by atoms with Crippen molar-refractivity contribution in [2.24, 2.45) is 0 Å². The van der Waals surface area contributed by atoms with Crippen molar-refractivity contribution in [3.05, 3.63) is 70.2 Å². The zero-order valence-electron chi connectivity index (χ0n) is 17.1. The van der Waals surface area contributed by atoms with Gasteiger partial charge in [0.1, 0.15) is 0 Å². The Morgan fingerprint density at radius 2 is 1.63 bits per heavy atom. The third kappa shape index (κ3) is 9.58. The number of aromatic hydroxyl groups is 1. The fourth-order valence-corrected chi connectivity index (χ4v) is 3.03. The number of halogens is 1. The molecule has 2 aromatic carbocycles. The highest BCUT2D eigenvalue weighted by Gasteiger charge is 2.18. The Morgan fingerprint density at radius 1 is 1.07 bits per heavy atom. The van der Waals surface area contributed by atoms with Crippen LogP contribution in [0.25, 0.3) is 0 Å². The number of rotatable bonds is 8. The first kappa shape index (κ1) is 25.2. The van der Waals surface area contributed by atoms with Crippen LogP contribution in [-0.4, -0.2) is 39.9 Å². The number of methoxy groups -OCH3 is 1. The average molecular weight is 480 g/mol. The van der Waals surface area contributed by atoms with Gasteiger partial charge < -0.3 is 25.4 Å². The van der Waals surface area contributed by atoms with Gasteiger partial charge in [-0.15, -0.1) is 0 Å². The number of phenols is 1. The smallest absolute Gasteiger partial charge is 0.328 e. The Hall–Kier alpha value is -2.84. The minimum absolute atomic E-state index is 0.0288. The van der Waals surface area contributed by atoms with Crippen LogP contribution in [0.2, 0.25) is 0 Å². The molecule has 0 fully saturated rings. The van der Waals surface area contributed by atoms with Gasteiger partial charge in [0.25, 0.3) is 0 Å².